The zero-order valence-electron chi connectivity index (χ0n) is 15.2. The lowest BCUT2D eigenvalue weighted by molar-refractivity contribution is 0.198. The SMILES string of the molecule is Cc1cnc(Nc2cccc([C@@H]3CCCN(Cc4cnn(C)c4)C3)n2)s1. The first-order valence-electron chi connectivity index (χ1n) is 9.02. The number of hydrogen-bond acceptors (Lipinski definition) is 6. The predicted octanol–water partition coefficient (Wildman–Crippen LogP) is 3.70. The third kappa shape index (κ3) is 4.11. The third-order valence-electron chi connectivity index (χ3n) is 4.72. The van der Waals surface area contributed by atoms with E-state index in [-0.39, 0.29) is 0 Å². The van der Waals surface area contributed by atoms with Crippen molar-refractivity contribution in [1.82, 2.24) is 24.6 Å². The van der Waals surface area contributed by atoms with Crippen LogP contribution in [0.5, 0.6) is 0 Å². The number of likely N-dealkylation sites (tertiary alicyclic amines) is 1. The van der Waals surface area contributed by atoms with Gasteiger partial charge in [0.25, 0.3) is 0 Å². The summed E-state index contributed by atoms with van der Waals surface area (Å²) < 4.78 is 1.87. The van der Waals surface area contributed by atoms with Crippen molar-refractivity contribution in [2.24, 2.45) is 7.05 Å². The van der Waals surface area contributed by atoms with E-state index in [1.165, 1.54) is 29.0 Å². The second kappa shape index (κ2) is 7.55. The fourth-order valence-corrected chi connectivity index (χ4v) is 4.19. The van der Waals surface area contributed by atoms with Crippen LogP contribution in [0.3, 0.4) is 0 Å². The molecule has 1 aliphatic heterocycles. The van der Waals surface area contributed by atoms with Gasteiger partial charge in [-0.1, -0.05) is 6.07 Å². The summed E-state index contributed by atoms with van der Waals surface area (Å²) in [6, 6.07) is 6.25. The molecule has 0 saturated carbocycles. The van der Waals surface area contributed by atoms with Crippen molar-refractivity contribution in [3.05, 3.63) is 52.9 Å². The van der Waals surface area contributed by atoms with Crippen molar-refractivity contribution in [2.45, 2.75) is 32.2 Å². The molecule has 3 aromatic rings. The van der Waals surface area contributed by atoms with Crippen LogP contribution < -0.4 is 5.32 Å². The molecule has 136 valence electrons. The van der Waals surface area contributed by atoms with E-state index in [1.807, 2.05) is 30.2 Å². The number of piperidine rings is 1. The first-order valence-corrected chi connectivity index (χ1v) is 9.83. The monoisotopic (exact) mass is 368 g/mol. The Morgan fingerprint density at radius 3 is 3.00 bits per heavy atom. The predicted molar refractivity (Wildman–Crippen MR) is 105 cm³/mol. The summed E-state index contributed by atoms with van der Waals surface area (Å²) in [5.74, 6) is 1.35. The number of hydrogen-bond donors (Lipinski definition) is 1. The normalized spacial score (nSPS) is 18.2. The Morgan fingerprint density at radius 1 is 1.31 bits per heavy atom. The first-order chi connectivity index (χ1) is 12.7. The van der Waals surface area contributed by atoms with Crippen LogP contribution in [0.2, 0.25) is 0 Å². The number of nitrogens with one attached hydrogen (secondary N) is 1. The molecule has 4 rings (SSSR count). The lowest BCUT2D eigenvalue weighted by atomic mass is 9.94. The van der Waals surface area contributed by atoms with Crippen LogP contribution in [0, 0.1) is 6.92 Å². The summed E-state index contributed by atoms with van der Waals surface area (Å²) in [6.45, 7) is 5.20. The number of thiazole rings is 1. The quantitative estimate of drug-likeness (QED) is 0.744. The molecule has 1 saturated heterocycles. The summed E-state index contributed by atoms with van der Waals surface area (Å²) in [4.78, 5) is 12.9. The van der Waals surface area contributed by atoms with E-state index < -0.39 is 0 Å². The molecule has 0 radical (unpaired) electrons. The highest BCUT2D eigenvalue weighted by atomic mass is 32.1. The van der Waals surface area contributed by atoms with Gasteiger partial charge in [0.05, 0.1) is 6.20 Å². The van der Waals surface area contributed by atoms with Gasteiger partial charge in [-0.2, -0.15) is 5.10 Å². The zero-order valence-corrected chi connectivity index (χ0v) is 16.0. The average Bonchev–Trinajstić information content (AvgIpc) is 3.23. The van der Waals surface area contributed by atoms with Crippen LogP contribution >= 0.6 is 11.3 Å². The Morgan fingerprint density at radius 2 is 2.23 bits per heavy atom. The molecular formula is C19H24N6S. The lowest BCUT2D eigenvalue weighted by Crippen LogP contribution is -2.34. The molecule has 0 unspecified atom stereocenters. The summed E-state index contributed by atoms with van der Waals surface area (Å²) in [5, 5.41) is 8.50. The minimum atomic E-state index is 0.472. The number of anilines is 2. The number of aryl methyl sites for hydroxylation is 2. The van der Waals surface area contributed by atoms with Gasteiger partial charge in [0, 0.05) is 54.6 Å². The zero-order chi connectivity index (χ0) is 17.9. The molecular weight excluding hydrogens is 344 g/mol. The fraction of sp³-hybridized carbons (Fsp3) is 0.421. The summed E-state index contributed by atoms with van der Waals surface area (Å²) in [6.07, 6.45) is 8.34. The van der Waals surface area contributed by atoms with E-state index in [4.69, 9.17) is 4.98 Å². The van der Waals surface area contributed by atoms with Crippen LogP contribution in [0.25, 0.3) is 0 Å². The van der Waals surface area contributed by atoms with Gasteiger partial charge < -0.3 is 5.32 Å². The molecule has 0 aliphatic carbocycles. The minimum Gasteiger partial charge on any atom is -0.316 e. The van der Waals surface area contributed by atoms with E-state index >= 15 is 0 Å². The Bertz CT molecular complexity index is 870. The molecule has 0 amide bonds. The highest BCUT2D eigenvalue weighted by molar-refractivity contribution is 7.15. The average molecular weight is 369 g/mol. The van der Waals surface area contributed by atoms with Gasteiger partial charge in [0.15, 0.2) is 5.13 Å². The van der Waals surface area contributed by atoms with Gasteiger partial charge in [-0.3, -0.25) is 9.58 Å². The maximum atomic E-state index is 4.86. The number of aromatic nitrogens is 4. The molecule has 26 heavy (non-hydrogen) atoms. The van der Waals surface area contributed by atoms with Crippen molar-refractivity contribution in [2.75, 3.05) is 18.4 Å². The van der Waals surface area contributed by atoms with E-state index in [0.717, 1.165) is 30.6 Å². The molecule has 1 fully saturated rings. The van der Waals surface area contributed by atoms with Crippen LogP contribution in [0.1, 0.15) is 34.9 Å². The fourth-order valence-electron chi connectivity index (χ4n) is 3.52. The summed E-state index contributed by atoms with van der Waals surface area (Å²) in [7, 11) is 1.97. The molecule has 4 heterocycles. The van der Waals surface area contributed by atoms with Crippen LogP contribution in [-0.4, -0.2) is 37.7 Å². The van der Waals surface area contributed by atoms with Crippen LogP contribution in [0.4, 0.5) is 10.9 Å². The minimum absolute atomic E-state index is 0.472. The Kier molecular flexibility index (Phi) is 4.99. The highest BCUT2D eigenvalue weighted by Crippen LogP contribution is 2.28. The molecule has 1 N–H and O–H groups in total. The van der Waals surface area contributed by atoms with Crippen LogP contribution in [0.15, 0.2) is 36.8 Å². The molecule has 6 nitrogen and oxygen atoms in total. The van der Waals surface area contributed by atoms with Gasteiger partial charge in [-0.05, 0) is 38.4 Å². The second-order valence-corrected chi connectivity index (χ2v) is 8.18. The van der Waals surface area contributed by atoms with Crippen molar-refractivity contribution < 1.29 is 0 Å². The summed E-state index contributed by atoms with van der Waals surface area (Å²) >= 11 is 1.65. The van der Waals surface area contributed by atoms with Gasteiger partial charge in [-0.15, -0.1) is 11.3 Å². The van der Waals surface area contributed by atoms with Crippen molar-refractivity contribution in [3.63, 3.8) is 0 Å². The first kappa shape index (κ1) is 17.2. The molecule has 1 atom stereocenters. The molecule has 3 aromatic heterocycles. The Balaban J connectivity index is 1.43. The van der Waals surface area contributed by atoms with Gasteiger partial charge in [-0.25, -0.2) is 9.97 Å². The van der Waals surface area contributed by atoms with Gasteiger partial charge >= 0.3 is 0 Å². The Hall–Kier alpha value is -2.25. The smallest absolute Gasteiger partial charge is 0.188 e. The van der Waals surface area contributed by atoms with Crippen molar-refractivity contribution in [1.29, 1.82) is 0 Å². The maximum absolute atomic E-state index is 4.86. The topological polar surface area (TPSA) is 58.9 Å². The maximum Gasteiger partial charge on any atom is 0.188 e. The number of rotatable bonds is 5. The van der Waals surface area contributed by atoms with E-state index in [0.29, 0.717) is 5.92 Å². The van der Waals surface area contributed by atoms with E-state index in [1.54, 1.807) is 11.3 Å². The highest BCUT2D eigenvalue weighted by Gasteiger charge is 2.23. The van der Waals surface area contributed by atoms with Crippen molar-refractivity contribution >= 4 is 22.3 Å². The van der Waals surface area contributed by atoms with Gasteiger partial charge in [0.1, 0.15) is 5.82 Å². The summed E-state index contributed by atoms with van der Waals surface area (Å²) in [5.41, 5.74) is 2.44. The molecule has 1 aliphatic rings. The third-order valence-corrected chi connectivity index (χ3v) is 5.54. The van der Waals surface area contributed by atoms with E-state index in [2.05, 4.69) is 45.6 Å². The van der Waals surface area contributed by atoms with Gasteiger partial charge in [0.2, 0.25) is 0 Å². The van der Waals surface area contributed by atoms with Crippen molar-refractivity contribution in [3.8, 4) is 0 Å². The standard InChI is InChI=1S/C19H24N6S/c1-14-9-20-19(26-14)23-18-7-3-6-17(22-18)16-5-4-8-25(13-16)12-15-10-21-24(2)11-15/h3,6-7,9-11,16H,4-5,8,12-13H2,1-2H3,(H,20,22,23)/t16-/m1/s1. The largest absolute Gasteiger partial charge is 0.316 e. The Labute approximate surface area is 157 Å². The molecule has 0 bridgehead atoms. The lowest BCUT2D eigenvalue weighted by Gasteiger charge is -2.32. The second-order valence-electron chi connectivity index (χ2n) is 6.95. The molecule has 0 aromatic carbocycles. The number of pyridine rings is 1. The number of nitrogens with zero attached hydrogens (tertiary/aromatic N) is 5. The van der Waals surface area contributed by atoms with Crippen LogP contribution in [-0.2, 0) is 13.6 Å². The van der Waals surface area contributed by atoms with E-state index in [9.17, 15) is 0 Å². The molecule has 7 heteroatoms. The molecule has 0 spiro atoms.